The van der Waals surface area contributed by atoms with Gasteiger partial charge in [0, 0.05) is 28.6 Å². The molecule has 0 heterocycles. The van der Waals surface area contributed by atoms with Gasteiger partial charge >= 0.3 is 5.97 Å². The molecule has 0 radical (unpaired) electrons. The Hall–Kier alpha value is -3.20. The summed E-state index contributed by atoms with van der Waals surface area (Å²) >= 11 is 3.26. The van der Waals surface area contributed by atoms with Crippen LogP contribution in [0, 0.1) is 6.92 Å². The van der Waals surface area contributed by atoms with E-state index in [9.17, 15) is 19.2 Å². The summed E-state index contributed by atoms with van der Waals surface area (Å²) in [5.74, 6) is -1.98. The van der Waals surface area contributed by atoms with E-state index >= 15 is 0 Å². The highest BCUT2D eigenvalue weighted by molar-refractivity contribution is 9.10. The maximum atomic E-state index is 11.9. The molecule has 0 atom stereocenters. The zero-order valence-corrected chi connectivity index (χ0v) is 18.0. The van der Waals surface area contributed by atoms with Gasteiger partial charge in [-0.25, -0.2) is 0 Å². The van der Waals surface area contributed by atoms with Crippen molar-refractivity contribution in [2.45, 2.75) is 26.2 Å². The van der Waals surface area contributed by atoms with Crippen molar-refractivity contribution in [3.05, 3.63) is 64.1 Å². The number of rotatable bonds is 8. The summed E-state index contributed by atoms with van der Waals surface area (Å²) in [6.45, 7) is 1.36. The van der Waals surface area contributed by atoms with Crippen molar-refractivity contribution in [3.8, 4) is 0 Å². The van der Waals surface area contributed by atoms with E-state index in [1.807, 2.05) is 25.1 Å². The van der Waals surface area contributed by atoms with Crippen LogP contribution >= 0.6 is 15.9 Å². The van der Waals surface area contributed by atoms with Crippen LogP contribution in [0.2, 0.25) is 0 Å². The summed E-state index contributed by atoms with van der Waals surface area (Å²) in [7, 11) is 0. The van der Waals surface area contributed by atoms with Crippen molar-refractivity contribution in [2.24, 2.45) is 0 Å². The van der Waals surface area contributed by atoms with E-state index < -0.39 is 24.4 Å². The molecule has 0 unspecified atom stereocenters. The maximum absolute atomic E-state index is 11.9. The first-order valence-corrected chi connectivity index (χ1v) is 10.0. The molecule has 0 bridgehead atoms. The van der Waals surface area contributed by atoms with Gasteiger partial charge in [0.2, 0.25) is 5.91 Å². The summed E-state index contributed by atoms with van der Waals surface area (Å²) in [6.07, 6.45) is 0.442. The van der Waals surface area contributed by atoms with Crippen molar-refractivity contribution in [3.63, 3.8) is 0 Å². The van der Waals surface area contributed by atoms with Crippen LogP contribution in [0.1, 0.15) is 35.2 Å². The van der Waals surface area contributed by atoms with Crippen molar-refractivity contribution < 1.29 is 23.9 Å². The van der Waals surface area contributed by atoms with Crippen molar-refractivity contribution in [1.29, 1.82) is 0 Å². The van der Waals surface area contributed by atoms with Crippen LogP contribution in [-0.4, -0.2) is 30.3 Å². The Morgan fingerprint density at radius 3 is 2.30 bits per heavy atom. The van der Waals surface area contributed by atoms with Crippen LogP contribution in [-0.2, 0) is 19.1 Å². The number of hydrogen-bond donors (Lipinski definition) is 3. The van der Waals surface area contributed by atoms with Gasteiger partial charge in [-0.05, 0) is 49.2 Å². The van der Waals surface area contributed by atoms with E-state index in [4.69, 9.17) is 4.74 Å². The molecule has 2 aromatic rings. The minimum atomic E-state index is -0.675. The average molecular weight is 476 g/mol. The van der Waals surface area contributed by atoms with Gasteiger partial charge in [0.25, 0.3) is 11.8 Å². The molecule has 0 aromatic heterocycles. The fourth-order valence-electron chi connectivity index (χ4n) is 2.37. The third-order valence-electron chi connectivity index (χ3n) is 3.99. The topological polar surface area (TPSA) is 114 Å². The van der Waals surface area contributed by atoms with Gasteiger partial charge in [-0.1, -0.05) is 34.1 Å². The minimum Gasteiger partial charge on any atom is -0.455 e. The quantitative estimate of drug-likeness (QED) is 0.401. The molecule has 0 aliphatic heterocycles. The van der Waals surface area contributed by atoms with Crippen molar-refractivity contribution >= 4 is 45.3 Å². The molecule has 3 N–H and O–H groups in total. The smallest absolute Gasteiger partial charge is 0.306 e. The molecule has 8 nitrogen and oxygen atoms in total. The number of benzene rings is 2. The summed E-state index contributed by atoms with van der Waals surface area (Å²) < 4.78 is 5.66. The highest BCUT2D eigenvalue weighted by Gasteiger charge is 2.11. The molecule has 3 amide bonds. The van der Waals surface area contributed by atoms with Gasteiger partial charge in [0.1, 0.15) is 0 Å². The van der Waals surface area contributed by atoms with E-state index in [-0.39, 0.29) is 18.7 Å². The third kappa shape index (κ3) is 8.04. The molecule has 0 fully saturated rings. The van der Waals surface area contributed by atoms with Crippen molar-refractivity contribution in [2.75, 3.05) is 11.9 Å². The monoisotopic (exact) mass is 475 g/mol. The number of carbonyl (C=O) groups is 4. The van der Waals surface area contributed by atoms with Crippen LogP contribution < -0.4 is 16.2 Å². The highest BCUT2D eigenvalue weighted by Crippen LogP contribution is 2.14. The fraction of sp³-hybridized carbons (Fsp3) is 0.238. The number of carbonyl (C=O) groups excluding carboxylic acids is 4. The first-order chi connectivity index (χ1) is 14.3. The predicted octanol–water partition coefficient (Wildman–Crippen LogP) is 2.87. The number of ether oxygens (including phenoxy) is 1. The van der Waals surface area contributed by atoms with E-state index in [1.54, 1.807) is 30.3 Å². The SMILES string of the molecule is Cc1ccccc1NC(=O)CCCC(=O)OCC(=O)NNC(=O)c1ccc(Br)cc1. The molecule has 0 aliphatic rings. The molecule has 2 rings (SSSR count). The summed E-state index contributed by atoms with van der Waals surface area (Å²) in [4.78, 5) is 47.2. The van der Waals surface area contributed by atoms with Crippen LogP contribution in [0.3, 0.4) is 0 Å². The van der Waals surface area contributed by atoms with Gasteiger partial charge in [0.15, 0.2) is 6.61 Å². The number of amides is 3. The molecular formula is C21H22BrN3O5. The zero-order valence-electron chi connectivity index (χ0n) is 16.4. The van der Waals surface area contributed by atoms with Gasteiger partial charge in [0.05, 0.1) is 0 Å². The summed E-state index contributed by atoms with van der Waals surface area (Å²) in [5.41, 5.74) is 6.43. The Kier molecular flexibility index (Phi) is 9.02. The van der Waals surface area contributed by atoms with E-state index in [2.05, 4.69) is 32.1 Å². The Morgan fingerprint density at radius 2 is 1.60 bits per heavy atom. The lowest BCUT2D eigenvalue weighted by Gasteiger charge is -2.09. The highest BCUT2D eigenvalue weighted by atomic mass is 79.9. The molecule has 0 aliphatic carbocycles. The molecule has 9 heteroatoms. The molecule has 0 spiro atoms. The second kappa shape index (κ2) is 11.7. The fourth-order valence-corrected chi connectivity index (χ4v) is 2.64. The Labute approximate surface area is 182 Å². The normalized spacial score (nSPS) is 10.1. The van der Waals surface area contributed by atoms with Crippen LogP contribution in [0.15, 0.2) is 53.0 Å². The molecule has 158 valence electrons. The predicted molar refractivity (Wildman–Crippen MR) is 114 cm³/mol. The van der Waals surface area contributed by atoms with E-state index in [0.717, 1.165) is 15.7 Å². The molecule has 2 aromatic carbocycles. The van der Waals surface area contributed by atoms with Gasteiger partial charge in [-0.2, -0.15) is 0 Å². The summed E-state index contributed by atoms with van der Waals surface area (Å²) in [5, 5.41) is 2.78. The number of halogens is 1. The van der Waals surface area contributed by atoms with Gasteiger partial charge in [-0.15, -0.1) is 0 Å². The number of anilines is 1. The number of hydrazine groups is 1. The second-order valence-electron chi connectivity index (χ2n) is 6.39. The Bertz CT molecular complexity index is 915. The largest absolute Gasteiger partial charge is 0.455 e. The molecule has 0 saturated heterocycles. The number of aryl methyl sites for hydroxylation is 1. The van der Waals surface area contributed by atoms with Gasteiger partial charge in [-0.3, -0.25) is 30.0 Å². The Morgan fingerprint density at radius 1 is 0.900 bits per heavy atom. The van der Waals surface area contributed by atoms with E-state index in [0.29, 0.717) is 12.0 Å². The minimum absolute atomic E-state index is 0.000274. The van der Waals surface area contributed by atoms with Crippen molar-refractivity contribution in [1.82, 2.24) is 10.9 Å². The summed E-state index contributed by atoms with van der Waals surface area (Å²) in [6, 6.07) is 14.0. The lowest BCUT2D eigenvalue weighted by atomic mass is 10.2. The number of para-hydroxylation sites is 1. The molecular weight excluding hydrogens is 454 g/mol. The lowest BCUT2D eigenvalue weighted by molar-refractivity contribution is -0.148. The first-order valence-electron chi connectivity index (χ1n) is 9.21. The number of esters is 1. The van der Waals surface area contributed by atoms with Crippen LogP contribution in [0.4, 0.5) is 5.69 Å². The first kappa shape index (κ1) is 23.1. The third-order valence-corrected chi connectivity index (χ3v) is 4.52. The second-order valence-corrected chi connectivity index (χ2v) is 7.30. The molecule has 0 saturated carbocycles. The zero-order chi connectivity index (χ0) is 21.9. The van der Waals surface area contributed by atoms with Gasteiger partial charge < -0.3 is 10.1 Å². The van der Waals surface area contributed by atoms with Crippen LogP contribution in [0.5, 0.6) is 0 Å². The average Bonchev–Trinajstić information content (AvgIpc) is 2.72. The number of nitrogens with one attached hydrogen (secondary N) is 3. The Balaban J connectivity index is 1.60. The molecule has 30 heavy (non-hydrogen) atoms. The van der Waals surface area contributed by atoms with Crippen LogP contribution in [0.25, 0.3) is 0 Å². The number of hydrogen-bond acceptors (Lipinski definition) is 5. The maximum Gasteiger partial charge on any atom is 0.306 e. The van der Waals surface area contributed by atoms with E-state index in [1.165, 1.54) is 0 Å². The lowest BCUT2D eigenvalue weighted by Crippen LogP contribution is -2.43. The standard InChI is InChI=1S/C21H22BrN3O5/c1-14-5-2-3-6-17(14)23-18(26)7-4-8-20(28)30-13-19(27)24-25-21(29)15-9-11-16(22)12-10-15/h2-3,5-6,9-12H,4,7-8,13H2,1H3,(H,23,26)(H,24,27)(H,25,29).